The van der Waals surface area contributed by atoms with Crippen LogP contribution in [0.4, 0.5) is 0 Å². The van der Waals surface area contributed by atoms with Gasteiger partial charge in [0.15, 0.2) is 0 Å². The maximum absolute atomic E-state index is 5.52. The molecule has 2 N–H and O–H groups in total. The molecule has 0 radical (unpaired) electrons. The molecular formula is C30H46N4O2. The predicted molar refractivity (Wildman–Crippen MR) is 151 cm³/mol. The van der Waals surface area contributed by atoms with Crippen molar-refractivity contribution in [3.05, 3.63) is 71.8 Å². The monoisotopic (exact) mass is 494 g/mol. The summed E-state index contributed by atoms with van der Waals surface area (Å²) in [7, 11) is 0. The molecule has 6 nitrogen and oxygen atoms in total. The lowest BCUT2D eigenvalue weighted by Gasteiger charge is -2.27. The topological polar surface area (TPSA) is 67.2 Å². The summed E-state index contributed by atoms with van der Waals surface area (Å²) in [6, 6.07) is 20.2. The van der Waals surface area contributed by atoms with E-state index >= 15 is 0 Å². The van der Waals surface area contributed by atoms with Gasteiger partial charge >= 0.3 is 0 Å². The van der Waals surface area contributed by atoms with Gasteiger partial charge in [-0.15, -0.1) is 0 Å². The molecule has 0 saturated heterocycles. The van der Waals surface area contributed by atoms with Crippen LogP contribution < -0.4 is 10.6 Å². The second-order valence-electron chi connectivity index (χ2n) is 10.9. The van der Waals surface area contributed by atoms with E-state index in [1.807, 2.05) is 74.5 Å². The molecule has 2 aromatic carbocycles. The van der Waals surface area contributed by atoms with Gasteiger partial charge in [0.05, 0.1) is 11.4 Å². The van der Waals surface area contributed by atoms with Gasteiger partial charge in [-0.25, -0.2) is 0 Å². The number of unbranched alkanes of at least 4 members (excludes halogenated alkanes) is 1. The maximum atomic E-state index is 5.52. The average Bonchev–Trinajstić information content (AvgIpc) is 2.82. The average molecular weight is 495 g/mol. The summed E-state index contributed by atoms with van der Waals surface area (Å²) < 4.78 is 0. The Balaban J connectivity index is 1.58. The van der Waals surface area contributed by atoms with Gasteiger partial charge in [-0.3, -0.25) is 0 Å². The summed E-state index contributed by atoms with van der Waals surface area (Å²) in [5, 5.41) is 15.9. The van der Waals surface area contributed by atoms with Crippen molar-refractivity contribution in [3.63, 3.8) is 0 Å². The van der Waals surface area contributed by atoms with Crippen molar-refractivity contribution in [1.29, 1.82) is 0 Å². The molecule has 2 aromatic rings. The van der Waals surface area contributed by atoms with Crippen molar-refractivity contribution < 1.29 is 9.68 Å². The van der Waals surface area contributed by atoms with Crippen LogP contribution >= 0.6 is 0 Å². The van der Waals surface area contributed by atoms with Gasteiger partial charge < -0.3 is 20.3 Å². The molecule has 198 valence electrons. The van der Waals surface area contributed by atoms with Gasteiger partial charge in [-0.1, -0.05) is 71.0 Å². The van der Waals surface area contributed by atoms with Crippen LogP contribution in [0.1, 0.15) is 78.4 Å². The molecule has 0 bridgehead atoms. The molecule has 6 heteroatoms. The highest BCUT2D eigenvalue weighted by molar-refractivity contribution is 5.82. The van der Waals surface area contributed by atoms with E-state index in [9.17, 15) is 0 Å². The van der Waals surface area contributed by atoms with Crippen molar-refractivity contribution in [2.45, 2.75) is 91.5 Å². The molecule has 0 fully saturated rings. The van der Waals surface area contributed by atoms with Crippen molar-refractivity contribution in [1.82, 2.24) is 10.6 Å². The number of benzene rings is 2. The highest BCUT2D eigenvalue weighted by Gasteiger charge is 2.19. The standard InChI is InChI=1S/C30H46N4O2/c1-25(33-35-23-27-15-9-7-10-16-27)21-29(3,4)31-19-13-14-20-32-30(5,6)22-26(2)34-36-24-28-17-11-8-12-18-28/h7-12,15-18,31-32H,13-14,19-24H2,1-6H3. The fraction of sp³-hybridized carbons (Fsp3) is 0.533. The first kappa shape index (κ1) is 29.5. The minimum Gasteiger partial charge on any atom is -0.391 e. The molecule has 2 rings (SSSR count). The van der Waals surface area contributed by atoms with E-state index < -0.39 is 0 Å². The van der Waals surface area contributed by atoms with Crippen LogP contribution in [0.25, 0.3) is 0 Å². The minimum atomic E-state index is -0.0241. The molecule has 0 aliphatic carbocycles. The second kappa shape index (κ2) is 15.4. The highest BCUT2D eigenvalue weighted by atomic mass is 16.6. The zero-order valence-electron chi connectivity index (χ0n) is 23.1. The van der Waals surface area contributed by atoms with Crippen LogP contribution in [0.3, 0.4) is 0 Å². The summed E-state index contributed by atoms with van der Waals surface area (Å²) >= 11 is 0. The van der Waals surface area contributed by atoms with Crippen LogP contribution in [0.15, 0.2) is 71.0 Å². The molecule has 0 amide bonds. The van der Waals surface area contributed by atoms with Gasteiger partial charge in [0.25, 0.3) is 0 Å². The van der Waals surface area contributed by atoms with E-state index in [0.717, 1.165) is 61.3 Å². The van der Waals surface area contributed by atoms with Crippen molar-refractivity contribution in [2.75, 3.05) is 13.1 Å². The third-order valence-corrected chi connectivity index (χ3v) is 5.80. The van der Waals surface area contributed by atoms with E-state index in [1.165, 1.54) is 0 Å². The van der Waals surface area contributed by atoms with Crippen LogP contribution in [-0.2, 0) is 22.9 Å². The van der Waals surface area contributed by atoms with Gasteiger partial charge in [-0.2, -0.15) is 0 Å². The number of nitrogens with one attached hydrogen (secondary N) is 2. The molecule has 0 aliphatic rings. The van der Waals surface area contributed by atoms with Crippen molar-refractivity contribution in [2.24, 2.45) is 10.3 Å². The molecule has 0 atom stereocenters. The van der Waals surface area contributed by atoms with Crippen LogP contribution in [0.5, 0.6) is 0 Å². The first-order valence-corrected chi connectivity index (χ1v) is 13.0. The molecule has 36 heavy (non-hydrogen) atoms. The van der Waals surface area contributed by atoms with Crippen LogP contribution in [-0.4, -0.2) is 35.6 Å². The first-order chi connectivity index (χ1) is 17.2. The van der Waals surface area contributed by atoms with Crippen LogP contribution in [0, 0.1) is 0 Å². The lowest BCUT2D eigenvalue weighted by molar-refractivity contribution is 0.129. The molecular weight excluding hydrogens is 448 g/mol. The van der Waals surface area contributed by atoms with Crippen molar-refractivity contribution >= 4 is 11.4 Å². The molecule has 0 heterocycles. The molecule has 0 saturated carbocycles. The number of hydrogen-bond acceptors (Lipinski definition) is 6. The Morgan fingerprint density at radius 2 is 1.00 bits per heavy atom. The summed E-state index contributed by atoms with van der Waals surface area (Å²) in [5.41, 5.74) is 4.20. The lowest BCUT2D eigenvalue weighted by atomic mass is 9.97. The Kier molecular flexibility index (Phi) is 12.6. The number of nitrogens with zero attached hydrogens (tertiary/aromatic N) is 2. The fourth-order valence-corrected chi connectivity index (χ4v) is 4.15. The Morgan fingerprint density at radius 3 is 1.36 bits per heavy atom. The van der Waals surface area contributed by atoms with Gasteiger partial charge in [0.2, 0.25) is 0 Å². The summed E-state index contributed by atoms with van der Waals surface area (Å²) in [6.45, 7) is 15.9. The van der Waals surface area contributed by atoms with Crippen LogP contribution in [0.2, 0.25) is 0 Å². The third-order valence-electron chi connectivity index (χ3n) is 5.80. The SMILES string of the molecule is CC(CC(C)(C)NCCCCNC(C)(C)CC(C)=NOCc1ccccc1)=NOCc1ccccc1. The molecule has 0 spiro atoms. The maximum Gasteiger partial charge on any atom is 0.142 e. The van der Waals surface area contributed by atoms with Gasteiger partial charge in [-0.05, 0) is 78.6 Å². The van der Waals surface area contributed by atoms with E-state index in [1.54, 1.807) is 0 Å². The molecule has 0 aliphatic heterocycles. The normalized spacial score (nSPS) is 13.1. The third kappa shape index (κ3) is 13.4. The summed E-state index contributed by atoms with van der Waals surface area (Å²) in [4.78, 5) is 11.0. The zero-order valence-corrected chi connectivity index (χ0v) is 23.1. The molecule has 0 unspecified atom stereocenters. The largest absolute Gasteiger partial charge is 0.391 e. The molecule has 0 aromatic heterocycles. The fourth-order valence-electron chi connectivity index (χ4n) is 4.15. The number of hydrogen-bond donors (Lipinski definition) is 2. The Morgan fingerprint density at radius 1 is 0.639 bits per heavy atom. The smallest absolute Gasteiger partial charge is 0.142 e. The first-order valence-electron chi connectivity index (χ1n) is 13.0. The Bertz CT molecular complexity index is 847. The van der Waals surface area contributed by atoms with E-state index in [2.05, 4.69) is 48.6 Å². The minimum absolute atomic E-state index is 0.0241. The van der Waals surface area contributed by atoms with E-state index in [4.69, 9.17) is 9.68 Å². The lowest BCUT2D eigenvalue weighted by Crippen LogP contribution is -2.43. The Labute approximate surface area is 218 Å². The summed E-state index contributed by atoms with van der Waals surface area (Å²) in [6.07, 6.45) is 3.91. The van der Waals surface area contributed by atoms with Gasteiger partial charge in [0, 0.05) is 23.9 Å². The van der Waals surface area contributed by atoms with E-state index in [0.29, 0.717) is 13.2 Å². The highest BCUT2D eigenvalue weighted by Crippen LogP contribution is 2.12. The van der Waals surface area contributed by atoms with Gasteiger partial charge in [0.1, 0.15) is 13.2 Å². The number of oxime groups is 2. The van der Waals surface area contributed by atoms with Crippen molar-refractivity contribution in [3.8, 4) is 0 Å². The second-order valence-corrected chi connectivity index (χ2v) is 10.9. The quantitative estimate of drug-likeness (QED) is 0.150. The number of rotatable bonds is 17. The summed E-state index contributed by atoms with van der Waals surface area (Å²) in [5.74, 6) is 0. The zero-order chi connectivity index (χ0) is 26.3. The Hall–Kier alpha value is -2.70. The predicted octanol–water partition coefficient (Wildman–Crippen LogP) is 6.47. The van der Waals surface area contributed by atoms with E-state index in [-0.39, 0.29) is 11.1 Å².